The Morgan fingerprint density at radius 1 is 1.20 bits per heavy atom. The Bertz CT molecular complexity index is 933. The third kappa shape index (κ3) is 4.17. The number of rotatable bonds is 5. The summed E-state index contributed by atoms with van der Waals surface area (Å²) in [6.45, 7) is 0. The molecule has 0 unspecified atom stereocenters. The molecule has 0 aliphatic carbocycles. The van der Waals surface area contributed by atoms with E-state index in [2.05, 4.69) is 10.3 Å². The average Bonchev–Trinajstić information content (AvgIpc) is 3.15. The third-order valence-corrected chi connectivity index (χ3v) is 3.36. The molecule has 7 nitrogen and oxygen atoms in total. The summed E-state index contributed by atoms with van der Waals surface area (Å²) in [6.07, 6.45) is 5.76. The van der Waals surface area contributed by atoms with E-state index in [9.17, 15) is 14.9 Å². The van der Waals surface area contributed by atoms with Crippen LogP contribution in [-0.4, -0.2) is 15.8 Å². The molecule has 2 aromatic carbocycles. The molecule has 0 saturated carbocycles. The number of aromatic nitrogens is 1. The zero-order chi connectivity index (χ0) is 17.6. The van der Waals surface area contributed by atoms with E-state index in [-0.39, 0.29) is 11.6 Å². The van der Waals surface area contributed by atoms with E-state index < -0.39 is 4.92 Å². The fraction of sp³-hybridized carbons (Fsp3) is 0. The van der Waals surface area contributed by atoms with Crippen molar-refractivity contribution < 1.29 is 14.1 Å². The number of anilines is 1. The Labute approximate surface area is 142 Å². The lowest BCUT2D eigenvalue weighted by Crippen LogP contribution is -2.07. The highest BCUT2D eigenvalue weighted by Crippen LogP contribution is 2.22. The normalized spacial score (nSPS) is 10.7. The fourth-order valence-electron chi connectivity index (χ4n) is 2.21. The molecule has 0 aliphatic rings. The van der Waals surface area contributed by atoms with Gasteiger partial charge in [-0.2, -0.15) is 0 Å². The molecule has 0 atom stereocenters. The number of hydrogen-bond donors (Lipinski definition) is 1. The van der Waals surface area contributed by atoms with Gasteiger partial charge in [-0.1, -0.05) is 24.3 Å². The molecule has 7 heteroatoms. The summed E-state index contributed by atoms with van der Waals surface area (Å²) < 4.78 is 5.22. The van der Waals surface area contributed by atoms with Crippen LogP contribution < -0.4 is 5.32 Å². The van der Waals surface area contributed by atoms with Crippen LogP contribution in [0.2, 0.25) is 0 Å². The van der Waals surface area contributed by atoms with Crippen LogP contribution in [0.3, 0.4) is 0 Å². The van der Waals surface area contributed by atoms with Crippen LogP contribution in [0.4, 0.5) is 11.4 Å². The van der Waals surface area contributed by atoms with Gasteiger partial charge in [-0.05, 0) is 23.8 Å². The molecule has 124 valence electrons. The molecule has 25 heavy (non-hydrogen) atoms. The van der Waals surface area contributed by atoms with Gasteiger partial charge in [0.25, 0.3) is 5.69 Å². The minimum atomic E-state index is -0.480. The topological polar surface area (TPSA) is 98.3 Å². The standard InChI is InChI=1S/C18H13N3O4/c22-18(8-7-13-3-1-6-16(9-13)21(23)24)20-15-5-2-4-14(10-15)17-11-19-12-25-17/h1-12H,(H,20,22). The molecule has 3 aromatic rings. The Hall–Kier alpha value is -3.74. The van der Waals surface area contributed by atoms with Crippen LogP contribution in [0.25, 0.3) is 17.4 Å². The van der Waals surface area contributed by atoms with Crippen molar-refractivity contribution in [1.82, 2.24) is 4.98 Å². The van der Waals surface area contributed by atoms with E-state index >= 15 is 0 Å². The zero-order valence-electron chi connectivity index (χ0n) is 13.0. The van der Waals surface area contributed by atoms with Gasteiger partial charge in [-0.25, -0.2) is 4.98 Å². The highest BCUT2D eigenvalue weighted by molar-refractivity contribution is 6.02. The van der Waals surface area contributed by atoms with Crippen LogP contribution in [0.15, 0.2) is 71.6 Å². The summed E-state index contributed by atoms with van der Waals surface area (Å²) in [5.41, 5.74) is 1.93. The number of nitrogens with one attached hydrogen (secondary N) is 1. The van der Waals surface area contributed by atoms with Crippen molar-refractivity contribution in [3.05, 3.63) is 82.9 Å². The van der Waals surface area contributed by atoms with E-state index in [0.717, 1.165) is 5.56 Å². The van der Waals surface area contributed by atoms with Gasteiger partial charge in [0.2, 0.25) is 5.91 Å². The Morgan fingerprint density at radius 3 is 2.80 bits per heavy atom. The highest BCUT2D eigenvalue weighted by Gasteiger charge is 2.05. The van der Waals surface area contributed by atoms with E-state index in [0.29, 0.717) is 17.0 Å². The van der Waals surface area contributed by atoms with Crippen molar-refractivity contribution in [2.75, 3.05) is 5.32 Å². The highest BCUT2D eigenvalue weighted by atomic mass is 16.6. The molecule has 0 aliphatic heterocycles. The summed E-state index contributed by atoms with van der Waals surface area (Å²) in [5, 5.41) is 13.5. The van der Waals surface area contributed by atoms with Crippen molar-refractivity contribution >= 4 is 23.4 Å². The maximum atomic E-state index is 12.0. The van der Waals surface area contributed by atoms with Crippen molar-refractivity contribution in [1.29, 1.82) is 0 Å². The molecular weight excluding hydrogens is 322 g/mol. The second-order valence-corrected chi connectivity index (χ2v) is 5.12. The number of nitro benzene ring substituents is 1. The molecule has 0 spiro atoms. The van der Waals surface area contributed by atoms with Crippen LogP contribution in [0.1, 0.15) is 5.56 Å². The van der Waals surface area contributed by atoms with Gasteiger partial charge in [-0.15, -0.1) is 0 Å². The summed E-state index contributed by atoms with van der Waals surface area (Å²) in [6, 6.07) is 13.2. The lowest BCUT2D eigenvalue weighted by atomic mass is 10.1. The van der Waals surface area contributed by atoms with Gasteiger partial charge in [0.1, 0.15) is 0 Å². The number of carbonyl (C=O) groups excluding carboxylic acids is 1. The first kappa shape index (κ1) is 16.1. The number of nitrogens with zero attached hydrogens (tertiary/aromatic N) is 2. The molecular formula is C18H13N3O4. The predicted octanol–water partition coefficient (Wildman–Crippen LogP) is 3.90. The minimum Gasteiger partial charge on any atom is -0.444 e. The number of carbonyl (C=O) groups is 1. The zero-order valence-corrected chi connectivity index (χ0v) is 13.0. The van der Waals surface area contributed by atoms with E-state index in [1.54, 1.807) is 36.5 Å². The van der Waals surface area contributed by atoms with Gasteiger partial charge < -0.3 is 9.73 Å². The van der Waals surface area contributed by atoms with E-state index in [1.807, 2.05) is 6.07 Å². The Kier molecular flexibility index (Phi) is 4.66. The average molecular weight is 335 g/mol. The van der Waals surface area contributed by atoms with Gasteiger partial charge in [0.05, 0.1) is 11.1 Å². The summed E-state index contributed by atoms with van der Waals surface area (Å²) in [4.78, 5) is 26.2. The van der Waals surface area contributed by atoms with Gasteiger partial charge in [0.15, 0.2) is 12.2 Å². The van der Waals surface area contributed by atoms with Crippen molar-refractivity contribution in [3.8, 4) is 11.3 Å². The minimum absolute atomic E-state index is 0.0256. The molecule has 1 amide bonds. The smallest absolute Gasteiger partial charge is 0.270 e. The summed E-state index contributed by atoms with van der Waals surface area (Å²) in [5.74, 6) is 0.254. The van der Waals surface area contributed by atoms with Crippen LogP contribution >= 0.6 is 0 Å². The van der Waals surface area contributed by atoms with Crippen LogP contribution in [0.5, 0.6) is 0 Å². The molecule has 3 rings (SSSR count). The van der Waals surface area contributed by atoms with Gasteiger partial charge >= 0.3 is 0 Å². The van der Waals surface area contributed by atoms with Crippen molar-refractivity contribution in [2.45, 2.75) is 0 Å². The molecule has 1 N–H and O–H groups in total. The maximum Gasteiger partial charge on any atom is 0.270 e. The molecule has 0 fully saturated rings. The Morgan fingerprint density at radius 2 is 2.04 bits per heavy atom. The molecule has 1 aromatic heterocycles. The first-order chi connectivity index (χ1) is 12.1. The Balaban J connectivity index is 1.69. The maximum absolute atomic E-state index is 12.0. The monoisotopic (exact) mass is 335 g/mol. The second-order valence-electron chi connectivity index (χ2n) is 5.12. The summed E-state index contributed by atoms with van der Waals surface area (Å²) >= 11 is 0. The first-order valence-corrected chi connectivity index (χ1v) is 7.34. The van der Waals surface area contributed by atoms with E-state index in [1.165, 1.54) is 30.7 Å². The lowest BCUT2D eigenvalue weighted by Gasteiger charge is -2.04. The summed E-state index contributed by atoms with van der Waals surface area (Å²) in [7, 11) is 0. The fourth-order valence-corrected chi connectivity index (χ4v) is 2.21. The first-order valence-electron chi connectivity index (χ1n) is 7.34. The number of benzene rings is 2. The molecule has 0 saturated heterocycles. The quantitative estimate of drug-likeness (QED) is 0.433. The van der Waals surface area contributed by atoms with Gasteiger partial charge in [0, 0.05) is 29.5 Å². The number of amides is 1. The number of nitro groups is 1. The molecule has 0 radical (unpaired) electrons. The second kappa shape index (κ2) is 7.22. The van der Waals surface area contributed by atoms with Crippen molar-refractivity contribution in [2.24, 2.45) is 0 Å². The van der Waals surface area contributed by atoms with Crippen molar-refractivity contribution in [3.63, 3.8) is 0 Å². The largest absolute Gasteiger partial charge is 0.444 e. The predicted molar refractivity (Wildman–Crippen MR) is 92.7 cm³/mol. The number of non-ortho nitro benzene ring substituents is 1. The number of hydrogen-bond acceptors (Lipinski definition) is 5. The molecule has 1 heterocycles. The van der Waals surface area contributed by atoms with Crippen LogP contribution in [-0.2, 0) is 4.79 Å². The molecule has 0 bridgehead atoms. The van der Waals surface area contributed by atoms with Crippen LogP contribution in [0, 0.1) is 10.1 Å². The lowest BCUT2D eigenvalue weighted by molar-refractivity contribution is -0.384. The van der Waals surface area contributed by atoms with Gasteiger partial charge in [-0.3, -0.25) is 14.9 Å². The third-order valence-electron chi connectivity index (χ3n) is 3.36. The van der Waals surface area contributed by atoms with E-state index in [4.69, 9.17) is 4.42 Å². The number of oxazole rings is 1. The SMILES string of the molecule is O=C(C=Cc1cccc([N+](=O)[O-])c1)Nc1cccc(-c2cnco2)c1.